The van der Waals surface area contributed by atoms with E-state index in [9.17, 15) is 27.6 Å². The first-order valence-electron chi connectivity index (χ1n) is 10.4. The first kappa shape index (κ1) is 28.1. The van der Waals surface area contributed by atoms with Gasteiger partial charge in [0.05, 0.1) is 26.0 Å². The van der Waals surface area contributed by atoms with Gasteiger partial charge < -0.3 is 33.2 Å². The molecule has 2 heterocycles. The van der Waals surface area contributed by atoms with E-state index in [1.165, 1.54) is 13.8 Å². The number of hydrogen-bond acceptors (Lipinski definition) is 12. The summed E-state index contributed by atoms with van der Waals surface area (Å²) in [4.78, 5) is 39.4. The fourth-order valence-electron chi connectivity index (χ4n) is 2.77. The van der Waals surface area contributed by atoms with Gasteiger partial charge in [-0.15, -0.1) is 11.8 Å². The van der Waals surface area contributed by atoms with Crippen LogP contribution in [0.25, 0.3) is 0 Å². The van der Waals surface area contributed by atoms with Crippen LogP contribution in [0.2, 0.25) is 0 Å². The van der Waals surface area contributed by atoms with E-state index in [0.29, 0.717) is 6.07 Å². The Hall–Kier alpha value is -3.10. The number of hydrogen-bond donors (Lipinski definition) is 0. The Labute approximate surface area is 202 Å². The summed E-state index contributed by atoms with van der Waals surface area (Å²) in [5.41, 5.74) is -2.26. The molecule has 0 amide bonds. The molecule has 4 atom stereocenters. The predicted molar refractivity (Wildman–Crippen MR) is 112 cm³/mol. The number of thioether (sulfide) groups is 1. The van der Waals surface area contributed by atoms with Crippen LogP contribution in [0.5, 0.6) is 5.75 Å². The molecule has 0 unspecified atom stereocenters. The van der Waals surface area contributed by atoms with Crippen LogP contribution in [-0.2, 0) is 34.6 Å². The molecule has 1 aliphatic heterocycles. The maximum absolute atomic E-state index is 12.8. The van der Waals surface area contributed by atoms with Gasteiger partial charge in [0.15, 0.2) is 23.7 Å². The van der Waals surface area contributed by atoms with Crippen LogP contribution in [0.1, 0.15) is 26.5 Å². The third-order valence-corrected chi connectivity index (χ3v) is 5.38. The lowest BCUT2D eigenvalue weighted by Crippen LogP contribution is -2.56. The molecule has 0 spiro atoms. The second-order valence-corrected chi connectivity index (χ2v) is 7.70. The monoisotopic (exact) mass is 527 g/mol. The molecule has 0 saturated carbocycles. The highest BCUT2D eigenvalue weighted by Gasteiger charge is 2.49. The molecule has 1 aromatic heterocycles. The highest BCUT2D eigenvalue weighted by molar-refractivity contribution is 7.99. The van der Waals surface area contributed by atoms with Crippen molar-refractivity contribution < 1.29 is 60.7 Å². The third-order valence-electron chi connectivity index (χ3n) is 4.16. The summed E-state index contributed by atoms with van der Waals surface area (Å²) in [6, 6.07) is 1.74. The Balaban J connectivity index is 2.32. The molecule has 2 rings (SSSR count). The summed E-state index contributed by atoms with van der Waals surface area (Å²) in [6.45, 7) is 4.54. The fourth-order valence-corrected chi connectivity index (χ4v) is 3.98. The summed E-state index contributed by atoms with van der Waals surface area (Å²) in [6.07, 6.45) is -11.2. The van der Waals surface area contributed by atoms with E-state index in [-0.39, 0.29) is 31.3 Å². The molecule has 0 aromatic carbocycles. The van der Waals surface area contributed by atoms with Crippen molar-refractivity contribution in [2.45, 2.75) is 50.7 Å². The van der Waals surface area contributed by atoms with E-state index >= 15 is 0 Å². The zero-order chi connectivity index (χ0) is 26.0. The van der Waals surface area contributed by atoms with E-state index in [1.54, 1.807) is 6.92 Å². The molecule has 11 nitrogen and oxygen atoms in total. The van der Waals surface area contributed by atoms with Crippen molar-refractivity contribution in [2.75, 3.05) is 25.6 Å². The van der Waals surface area contributed by atoms with Crippen LogP contribution in [-0.4, -0.2) is 72.8 Å². The minimum Gasteiger partial charge on any atom is -0.474 e. The fraction of sp³-hybridized carbons (Fsp3) is 0.600. The molecular formula is C20H24F3NO10S. The van der Waals surface area contributed by atoms with Gasteiger partial charge in [-0.05, 0) is 32.9 Å². The third kappa shape index (κ3) is 8.56. The zero-order valence-electron chi connectivity index (χ0n) is 18.9. The Morgan fingerprint density at radius 1 is 0.914 bits per heavy atom. The van der Waals surface area contributed by atoms with Gasteiger partial charge in [0.1, 0.15) is 11.4 Å². The minimum atomic E-state index is -4.65. The highest BCUT2D eigenvalue weighted by Crippen LogP contribution is 2.35. The number of carbonyl (C=O) groups is 3. The standard InChI is InChI=1S/C20H24F3NO10S/c1-4-28-17(25)32-12-10-35-16(31-11-7-8-13(24-9-11)20(21,22)23)15(34-19(27)30-6-3)14(12)33-18(26)29-5-2/h7-9,12,14-16H,4-6,10H2,1-3H3/t12-,14+,15-,16-/m1/s1. The Morgan fingerprint density at radius 3 is 1.94 bits per heavy atom. The normalized spacial score (nSPS) is 21.9. The molecule has 1 fully saturated rings. The van der Waals surface area contributed by atoms with E-state index < -0.39 is 54.1 Å². The van der Waals surface area contributed by atoms with Gasteiger partial charge >= 0.3 is 24.6 Å². The summed E-state index contributed by atoms with van der Waals surface area (Å²) in [5.74, 6) is -0.114. The van der Waals surface area contributed by atoms with Crippen LogP contribution in [0.3, 0.4) is 0 Å². The largest absolute Gasteiger partial charge is 0.508 e. The lowest BCUT2D eigenvalue weighted by Gasteiger charge is -2.39. The van der Waals surface area contributed by atoms with E-state index in [2.05, 4.69) is 4.98 Å². The van der Waals surface area contributed by atoms with Crippen LogP contribution >= 0.6 is 11.8 Å². The number of halogens is 3. The van der Waals surface area contributed by atoms with Gasteiger partial charge in [-0.1, -0.05) is 0 Å². The van der Waals surface area contributed by atoms with Crippen molar-refractivity contribution >= 4 is 30.2 Å². The topological polar surface area (TPSA) is 129 Å². The number of alkyl halides is 3. The Bertz CT molecular complexity index is 855. The minimum absolute atomic E-state index is 0.0114. The van der Waals surface area contributed by atoms with Gasteiger partial charge in [0.25, 0.3) is 0 Å². The van der Waals surface area contributed by atoms with Crippen molar-refractivity contribution in [3.63, 3.8) is 0 Å². The molecule has 0 bridgehead atoms. The average Bonchev–Trinajstić information content (AvgIpc) is 2.78. The van der Waals surface area contributed by atoms with Crippen molar-refractivity contribution in [1.29, 1.82) is 0 Å². The zero-order valence-corrected chi connectivity index (χ0v) is 19.8. The molecule has 0 radical (unpaired) electrons. The van der Waals surface area contributed by atoms with Gasteiger partial charge in [-0.2, -0.15) is 13.2 Å². The molecule has 0 N–H and O–H groups in total. The quantitative estimate of drug-likeness (QED) is 0.355. The van der Waals surface area contributed by atoms with Crippen LogP contribution in [0.4, 0.5) is 27.6 Å². The smallest absolute Gasteiger partial charge is 0.474 e. The molecule has 0 aliphatic carbocycles. The van der Waals surface area contributed by atoms with Crippen LogP contribution in [0, 0.1) is 0 Å². The number of rotatable bonds is 8. The number of carbonyl (C=O) groups excluding carboxylic acids is 3. The average molecular weight is 527 g/mol. The first-order valence-corrected chi connectivity index (χ1v) is 11.5. The number of pyridine rings is 1. The van der Waals surface area contributed by atoms with Crippen molar-refractivity contribution in [1.82, 2.24) is 4.98 Å². The van der Waals surface area contributed by atoms with Gasteiger partial charge in [0, 0.05) is 5.75 Å². The van der Waals surface area contributed by atoms with E-state index in [4.69, 9.17) is 33.2 Å². The predicted octanol–water partition coefficient (Wildman–Crippen LogP) is 4.18. The van der Waals surface area contributed by atoms with E-state index in [1.807, 2.05) is 0 Å². The lowest BCUT2D eigenvalue weighted by molar-refractivity contribution is -0.141. The molecule has 1 aliphatic rings. The lowest BCUT2D eigenvalue weighted by atomic mass is 10.1. The second kappa shape index (κ2) is 13.1. The Kier molecular flexibility index (Phi) is 10.5. The van der Waals surface area contributed by atoms with Crippen LogP contribution in [0.15, 0.2) is 18.3 Å². The first-order chi connectivity index (χ1) is 16.6. The maximum atomic E-state index is 12.8. The van der Waals surface area contributed by atoms with Gasteiger partial charge in [-0.25, -0.2) is 19.4 Å². The molecule has 35 heavy (non-hydrogen) atoms. The molecule has 1 aromatic rings. The van der Waals surface area contributed by atoms with Gasteiger partial charge in [-0.3, -0.25) is 0 Å². The van der Waals surface area contributed by atoms with Crippen LogP contribution < -0.4 is 4.74 Å². The molecule has 15 heteroatoms. The highest BCUT2D eigenvalue weighted by atomic mass is 32.2. The summed E-state index contributed by atoms with van der Waals surface area (Å²) in [7, 11) is 0. The van der Waals surface area contributed by atoms with Gasteiger partial charge in [0.2, 0.25) is 0 Å². The second-order valence-electron chi connectivity index (χ2n) is 6.57. The maximum Gasteiger partial charge on any atom is 0.508 e. The Morgan fingerprint density at radius 2 is 1.46 bits per heavy atom. The molecule has 196 valence electrons. The number of aromatic nitrogens is 1. The van der Waals surface area contributed by atoms with Crippen molar-refractivity contribution in [3.8, 4) is 5.75 Å². The molecule has 1 saturated heterocycles. The van der Waals surface area contributed by atoms with Crippen molar-refractivity contribution in [2.24, 2.45) is 0 Å². The SMILES string of the molecule is CCOC(=O)O[C@@H]1[C@@H](OC(=O)OCC)[C@H](OC(=O)OCC)CS[C@H]1Oc1ccc(C(F)(F)F)nc1. The summed E-state index contributed by atoms with van der Waals surface area (Å²) >= 11 is 0.978. The van der Waals surface area contributed by atoms with Crippen molar-refractivity contribution in [3.05, 3.63) is 24.0 Å². The summed E-state index contributed by atoms with van der Waals surface area (Å²) < 4.78 is 74.2. The van der Waals surface area contributed by atoms with E-state index in [0.717, 1.165) is 24.0 Å². The molecular weight excluding hydrogens is 503 g/mol. The summed E-state index contributed by atoms with van der Waals surface area (Å²) in [5, 5.41) is 0. The number of ether oxygens (including phenoxy) is 7. The number of nitrogens with zero attached hydrogens (tertiary/aromatic N) is 1.